The van der Waals surface area contributed by atoms with E-state index in [2.05, 4.69) is 0 Å². The fourth-order valence-corrected chi connectivity index (χ4v) is 1.56. The van der Waals surface area contributed by atoms with Gasteiger partial charge in [0.25, 0.3) is 0 Å². The van der Waals surface area contributed by atoms with E-state index < -0.39 is 0 Å². The normalized spacial score (nSPS) is 10.5. The van der Waals surface area contributed by atoms with E-state index in [1.54, 1.807) is 41.2 Å². The number of nitrogens with zero attached hydrogens (tertiary/aromatic N) is 2. The fourth-order valence-electron chi connectivity index (χ4n) is 1.56. The van der Waals surface area contributed by atoms with Crippen LogP contribution in [-0.2, 0) is 4.79 Å². The molecule has 0 atom stereocenters. The average Bonchev–Trinajstić information content (AvgIpc) is 2.43. The van der Waals surface area contributed by atoms with E-state index in [-0.39, 0.29) is 11.7 Å². The molecule has 0 saturated carbocycles. The molecule has 4 nitrogen and oxygen atoms in total. The van der Waals surface area contributed by atoms with Gasteiger partial charge >= 0.3 is 0 Å². The second kappa shape index (κ2) is 6.73. The Kier molecular flexibility index (Phi) is 5.30. The largest absolute Gasteiger partial charge is 0.383 e. The number of carbonyl (C=O) groups is 2. The summed E-state index contributed by atoms with van der Waals surface area (Å²) in [7, 11) is 5.42. The van der Waals surface area contributed by atoms with Crippen molar-refractivity contribution in [2.24, 2.45) is 0 Å². The minimum absolute atomic E-state index is 0.0217. The van der Waals surface area contributed by atoms with Gasteiger partial charge in [0.05, 0.1) is 0 Å². The lowest BCUT2D eigenvalue weighted by Crippen LogP contribution is -2.25. The van der Waals surface area contributed by atoms with Crippen molar-refractivity contribution >= 4 is 17.4 Å². The highest BCUT2D eigenvalue weighted by Gasteiger charge is 2.10. The van der Waals surface area contributed by atoms with Gasteiger partial charge in [-0.25, -0.2) is 0 Å². The molecule has 19 heavy (non-hydrogen) atoms. The number of ketones is 1. The summed E-state index contributed by atoms with van der Waals surface area (Å²) in [5, 5.41) is 0. The molecule has 1 amide bonds. The zero-order valence-electron chi connectivity index (χ0n) is 11.9. The van der Waals surface area contributed by atoms with Crippen LogP contribution in [0.15, 0.2) is 36.5 Å². The van der Waals surface area contributed by atoms with Crippen molar-refractivity contribution in [3.8, 4) is 0 Å². The maximum absolute atomic E-state index is 11.9. The Morgan fingerprint density at radius 2 is 1.89 bits per heavy atom. The minimum atomic E-state index is -0.0760. The van der Waals surface area contributed by atoms with Crippen LogP contribution in [0.2, 0.25) is 0 Å². The van der Waals surface area contributed by atoms with E-state index in [0.29, 0.717) is 12.0 Å². The van der Waals surface area contributed by atoms with Gasteiger partial charge in [-0.1, -0.05) is 19.1 Å². The van der Waals surface area contributed by atoms with Crippen LogP contribution >= 0.6 is 0 Å². The summed E-state index contributed by atoms with van der Waals surface area (Å²) in [5.41, 5.74) is 1.31. The maximum Gasteiger partial charge on any atom is 0.226 e. The molecule has 1 aromatic carbocycles. The summed E-state index contributed by atoms with van der Waals surface area (Å²) in [4.78, 5) is 26.9. The van der Waals surface area contributed by atoms with Crippen LogP contribution < -0.4 is 4.90 Å². The molecular weight excluding hydrogens is 240 g/mol. The van der Waals surface area contributed by atoms with Gasteiger partial charge in [-0.05, 0) is 12.1 Å². The van der Waals surface area contributed by atoms with Gasteiger partial charge < -0.3 is 9.80 Å². The van der Waals surface area contributed by atoms with Gasteiger partial charge in [0.15, 0.2) is 5.78 Å². The highest BCUT2D eigenvalue weighted by molar-refractivity contribution is 6.05. The number of anilines is 1. The maximum atomic E-state index is 11.9. The van der Waals surface area contributed by atoms with E-state index in [1.807, 2.05) is 27.1 Å². The Morgan fingerprint density at radius 1 is 1.21 bits per heavy atom. The molecule has 0 saturated heterocycles. The molecule has 0 heterocycles. The molecule has 0 bridgehead atoms. The number of amides is 1. The Bertz CT molecular complexity index is 493. The Hall–Kier alpha value is -2.10. The van der Waals surface area contributed by atoms with Crippen LogP contribution in [0.3, 0.4) is 0 Å². The van der Waals surface area contributed by atoms with E-state index in [1.165, 1.54) is 6.08 Å². The molecule has 0 aliphatic carbocycles. The summed E-state index contributed by atoms with van der Waals surface area (Å²) < 4.78 is 0. The molecule has 0 unspecified atom stereocenters. The molecule has 0 aliphatic heterocycles. The van der Waals surface area contributed by atoms with Crippen LogP contribution in [0.4, 0.5) is 5.69 Å². The van der Waals surface area contributed by atoms with Crippen molar-refractivity contribution in [2.75, 3.05) is 26.0 Å². The molecule has 0 spiro atoms. The highest BCUT2D eigenvalue weighted by atomic mass is 16.2. The third-order valence-corrected chi connectivity index (χ3v) is 2.72. The quantitative estimate of drug-likeness (QED) is 0.602. The van der Waals surface area contributed by atoms with E-state index in [9.17, 15) is 9.59 Å². The molecule has 4 heteroatoms. The van der Waals surface area contributed by atoms with Crippen molar-refractivity contribution in [2.45, 2.75) is 13.3 Å². The van der Waals surface area contributed by atoms with Gasteiger partial charge in [-0.2, -0.15) is 0 Å². The zero-order chi connectivity index (χ0) is 14.4. The second-order valence-corrected chi connectivity index (χ2v) is 4.50. The van der Waals surface area contributed by atoms with Crippen LogP contribution in [0, 0.1) is 0 Å². The molecule has 0 fully saturated rings. The van der Waals surface area contributed by atoms with Gasteiger partial charge in [0.1, 0.15) is 0 Å². The van der Waals surface area contributed by atoms with Crippen molar-refractivity contribution in [3.05, 3.63) is 42.1 Å². The van der Waals surface area contributed by atoms with Gasteiger partial charge in [0.2, 0.25) is 5.91 Å². The van der Waals surface area contributed by atoms with Crippen LogP contribution in [0.25, 0.3) is 0 Å². The fraction of sp³-hybridized carbons (Fsp3) is 0.333. The summed E-state index contributed by atoms with van der Waals surface area (Å²) in [6.45, 7) is 1.81. The highest BCUT2D eigenvalue weighted by Crippen LogP contribution is 2.16. The first-order valence-corrected chi connectivity index (χ1v) is 6.21. The summed E-state index contributed by atoms with van der Waals surface area (Å²) in [5.74, 6) is -0.0543. The van der Waals surface area contributed by atoms with E-state index in [4.69, 9.17) is 0 Å². The summed E-state index contributed by atoms with van der Waals surface area (Å²) in [6.07, 6.45) is 3.66. The number of rotatable bonds is 5. The van der Waals surface area contributed by atoms with Crippen molar-refractivity contribution < 1.29 is 9.59 Å². The van der Waals surface area contributed by atoms with Crippen molar-refractivity contribution in [1.82, 2.24) is 4.90 Å². The molecule has 102 valence electrons. The first-order chi connectivity index (χ1) is 8.95. The monoisotopic (exact) mass is 260 g/mol. The molecule has 1 aromatic rings. The van der Waals surface area contributed by atoms with Crippen molar-refractivity contribution in [1.29, 1.82) is 0 Å². The van der Waals surface area contributed by atoms with Gasteiger partial charge in [-0.15, -0.1) is 0 Å². The SMILES string of the molecule is CCC(=O)N(C)c1cccc(C(=O)C=CN(C)C)c1. The number of benzene rings is 1. The standard InChI is InChI=1S/C15H20N2O2/c1-5-15(19)17(4)13-8-6-7-12(11-13)14(18)9-10-16(2)3/h6-11H,5H2,1-4H3. The smallest absolute Gasteiger partial charge is 0.226 e. The molecule has 0 aromatic heterocycles. The van der Waals surface area contributed by atoms with Crippen LogP contribution in [0.5, 0.6) is 0 Å². The Labute approximate surface area is 114 Å². The molecule has 0 N–H and O–H groups in total. The predicted octanol–water partition coefficient (Wildman–Crippen LogP) is 2.32. The van der Waals surface area contributed by atoms with Gasteiger partial charge in [-0.3, -0.25) is 9.59 Å². The minimum Gasteiger partial charge on any atom is -0.383 e. The molecular formula is C15H20N2O2. The second-order valence-electron chi connectivity index (χ2n) is 4.50. The summed E-state index contributed by atoms with van der Waals surface area (Å²) >= 11 is 0. The lowest BCUT2D eigenvalue weighted by atomic mass is 10.1. The third kappa shape index (κ3) is 4.25. The Balaban J connectivity index is 2.94. The summed E-state index contributed by atoms with van der Waals surface area (Å²) in [6, 6.07) is 7.08. The molecule has 1 rings (SSSR count). The van der Waals surface area contributed by atoms with Crippen molar-refractivity contribution in [3.63, 3.8) is 0 Å². The first kappa shape index (κ1) is 15.0. The van der Waals surface area contributed by atoms with Crippen LogP contribution in [0.1, 0.15) is 23.7 Å². The molecule has 0 radical (unpaired) electrons. The number of hydrogen-bond donors (Lipinski definition) is 0. The van der Waals surface area contributed by atoms with Gasteiger partial charge in [0, 0.05) is 51.1 Å². The first-order valence-electron chi connectivity index (χ1n) is 6.21. The third-order valence-electron chi connectivity index (χ3n) is 2.72. The number of allylic oxidation sites excluding steroid dienone is 1. The predicted molar refractivity (Wildman–Crippen MR) is 77.3 cm³/mol. The lowest BCUT2D eigenvalue weighted by Gasteiger charge is -2.16. The van der Waals surface area contributed by atoms with E-state index in [0.717, 1.165) is 5.69 Å². The van der Waals surface area contributed by atoms with Crippen LogP contribution in [-0.4, -0.2) is 37.7 Å². The number of carbonyl (C=O) groups excluding carboxylic acids is 2. The average molecular weight is 260 g/mol. The molecule has 0 aliphatic rings. The topological polar surface area (TPSA) is 40.6 Å². The van der Waals surface area contributed by atoms with E-state index >= 15 is 0 Å². The zero-order valence-corrected chi connectivity index (χ0v) is 11.9. The Morgan fingerprint density at radius 3 is 2.47 bits per heavy atom. The lowest BCUT2D eigenvalue weighted by molar-refractivity contribution is -0.118. The number of hydrogen-bond acceptors (Lipinski definition) is 3.